The molecule has 1 aromatic rings. The fourth-order valence-electron chi connectivity index (χ4n) is 1.69. The van der Waals surface area contributed by atoms with Gasteiger partial charge in [0.15, 0.2) is 0 Å². The van der Waals surface area contributed by atoms with Crippen molar-refractivity contribution >= 4 is 17.5 Å². The molecule has 0 aliphatic heterocycles. The Morgan fingerprint density at radius 2 is 2.05 bits per heavy atom. The predicted molar refractivity (Wildman–Crippen MR) is 73.7 cm³/mol. The Labute approximate surface area is 117 Å². The van der Waals surface area contributed by atoms with Crippen molar-refractivity contribution in [3.63, 3.8) is 0 Å². The number of nitrogens with one attached hydrogen (secondary N) is 1. The van der Waals surface area contributed by atoms with Crippen LogP contribution in [-0.2, 0) is 11.2 Å². The van der Waals surface area contributed by atoms with Crippen LogP contribution in [0.5, 0.6) is 0 Å². The van der Waals surface area contributed by atoms with Gasteiger partial charge < -0.3 is 10.4 Å². The Bertz CT molecular complexity index is 427. The standard InChI is InChI=1S/C14H19ClFNO2/c1-3-14(19,4-2)9-17-13(18)8-10-11(15)6-5-7-12(10)16/h5-7,19H,3-4,8-9H2,1-2H3,(H,17,18). The van der Waals surface area contributed by atoms with E-state index in [1.165, 1.54) is 12.1 Å². The molecule has 0 atom stereocenters. The lowest BCUT2D eigenvalue weighted by Gasteiger charge is -2.25. The molecule has 0 saturated carbocycles. The van der Waals surface area contributed by atoms with Gasteiger partial charge in [0.2, 0.25) is 5.91 Å². The van der Waals surface area contributed by atoms with Gasteiger partial charge in [0, 0.05) is 17.1 Å². The molecule has 0 saturated heterocycles. The van der Waals surface area contributed by atoms with Gasteiger partial charge >= 0.3 is 0 Å². The zero-order valence-corrected chi connectivity index (χ0v) is 11.9. The molecule has 0 unspecified atom stereocenters. The summed E-state index contributed by atoms with van der Waals surface area (Å²) in [6.45, 7) is 3.86. The van der Waals surface area contributed by atoms with Crippen molar-refractivity contribution in [2.24, 2.45) is 0 Å². The molecule has 0 spiro atoms. The first-order valence-electron chi connectivity index (χ1n) is 6.34. The fourth-order valence-corrected chi connectivity index (χ4v) is 1.92. The van der Waals surface area contributed by atoms with Crippen molar-refractivity contribution in [3.05, 3.63) is 34.6 Å². The minimum Gasteiger partial charge on any atom is -0.388 e. The van der Waals surface area contributed by atoms with Crippen LogP contribution in [0.2, 0.25) is 5.02 Å². The van der Waals surface area contributed by atoms with E-state index in [0.29, 0.717) is 12.8 Å². The molecule has 3 nitrogen and oxygen atoms in total. The van der Waals surface area contributed by atoms with Crippen molar-refractivity contribution in [2.75, 3.05) is 6.54 Å². The Morgan fingerprint density at radius 3 is 2.58 bits per heavy atom. The average molecular weight is 288 g/mol. The number of carbonyl (C=O) groups excluding carboxylic acids is 1. The van der Waals surface area contributed by atoms with Crippen molar-refractivity contribution < 1.29 is 14.3 Å². The van der Waals surface area contributed by atoms with Gasteiger partial charge in [-0.2, -0.15) is 0 Å². The van der Waals surface area contributed by atoms with E-state index in [-0.39, 0.29) is 29.5 Å². The Kier molecular flexibility index (Phi) is 5.76. The first-order valence-corrected chi connectivity index (χ1v) is 6.71. The van der Waals surface area contributed by atoms with Crippen molar-refractivity contribution in [3.8, 4) is 0 Å². The smallest absolute Gasteiger partial charge is 0.224 e. The lowest BCUT2D eigenvalue weighted by molar-refractivity contribution is -0.121. The summed E-state index contributed by atoms with van der Waals surface area (Å²) in [6.07, 6.45) is 0.962. The van der Waals surface area contributed by atoms with Crippen LogP contribution < -0.4 is 5.32 Å². The quantitative estimate of drug-likeness (QED) is 0.845. The summed E-state index contributed by atoms with van der Waals surface area (Å²) in [7, 11) is 0. The second-order valence-electron chi connectivity index (χ2n) is 4.59. The van der Waals surface area contributed by atoms with Crippen LogP contribution in [0.4, 0.5) is 4.39 Å². The van der Waals surface area contributed by atoms with Gasteiger partial charge in [0.1, 0.15) is 5.82 Å². The molecule has 0 radical (unpaired) electrons. The molecule has 1 amide bonds. The van der Waals surface area contributed by atoms with Crippen LogP contribution in [0.1, 0.15) is 32.3 Å². The number of hydrogen-bond acceptors (Lipinski definition) is 2. The summed E-state index contributed by atoms with van der Waals surface area (Å²) < 4.78 is 13.5. The Morgan fingerprint density at radius 1 is 1.42 bits per heavy atom. The highest BCUT2D eigenvalue weighted by atomic mass is 35.5. The lowest BCUT2D eigenvalue weighted by atomic mass is 9.97. The van der Waals surface area contributed by atoms with Crippen LogP contribution in [0.25, 0.3) is 0 Å². The predicted octanol–water partition coefficient (Wildman–Crippen LogP) is 2.69. The topological polar surface area (TPSA) is 49.3 Å². The summed E-state index contributed by atoms with van der Waals surface area (Å²) in [6, 6.07) is 4.30. The van der Waals surface area contributed by atoms with Crippen LogP contribution in [0.15, 0.2) is 18.2 Å². The van der Waals surface area contributed by atoms with Gasteiger partial charge in [-0.15, -0.1) is 0 Å². The van der Waals surface area contributed by atoms with Crippen LogP contribution in [-0.4, -0.2) is 23.2 Å². The second kappa shape index (κ2) is 6.87. The lowest BCUT2D eigenvalue weighted by Crippen LogP contribution is -2.42. The first-order chi connectivity index (χ1) is 8.91. The highest BCUT2D eigenvalue weighted by Gasteiger charge is 2.23. The van der Waals surface area contributed by atoms with Crippen LogP contribution in [0, 0.1) is 5.82 Å². The van der Waals surface area contributed by atoms with Gasteiger partial charge in [-0.3, -0.25) is 4.79 Å². The molecule has 0 aromatic heterocycles. The third-order valence-corrected chi connectivity index (χ3v) is 3.68. The van der Waals surface area contributed by atoms with Gasteiger partial charge in [0.05, 0.1) is 12.0 Å². The average Bonchev–Trinajstić information content (AvgIpc) is 2.40. The number of hydrogen-bond donors (Lipinski definition) is 2. The molecule has 0 aliphatic carbocycles. The third kappa shape index (κ3) is 4.48. The molecule has 0 heterocycles. The minimum absolute atomic E-state index is 0.130. The number of halogens is 2. The summed E-state index contributed by atoms with van der Waals surface area (Å²) in [4.78, 5) is 11.7. The maximum atomic E-state index is 13.5. The van der Waals surface area contributed by atoms with E-state index in [9.17, 15) is 14.3 Å². The molecule has 0 fully saturated rings. The zero-order valence-electron chi connectivity index (χ0n) is 11.2. The molecule has 0 aliphatic rings. The number of carbonyl (C=O) groups is 1. The van der Waals surface area contributed by atoms with E-state index in [1.54, 1.807) is 6.07 Å². The van der Waals surface area contributed by atoms with E-state index in [4.69, 9.17) is 11.6 Å². The van der Waals surface area contributed by atoms with E-state index in [1.807, 2.05) is 13.8 Å². The van der Waals surface area contributed by atoms with Crippen molar-refractivity contribution in [1.29, 1.82) is 0 Å². The molecule has 106 valence electrons. The maximum Gasteiger partial charge on any atom is 0.224 e. The molecule has 2 N–H and O–H groups in total. The fraction of sp³-hybridized carbons (Fsp3) is 0.500. The number of rotatable bonds is 6. The molecule has 1 rings (SSSR count). The summed E-state index contributed by atoms with van der Waals surface area (Å²) >= 11 is 5.85. The van der Waals surface area contributed by atoms with Gasteiger partial charge in [-0.1, -0.05) is 31.5 Å². The van der Waals surface area contributed by atoms with E-state index in [2.05, 4.69) is 5.32 Å². The van der Waals surface area contributed by atoms with Gasteiger partial charge in [0.25, 0.3) is 0 Å². The molecule has 1 aromatic carbocycles. The van der Waals surface area contributed by atoms with Gasteiger partial charge in [-0.05, 0) is 25.0 Å². The molecular weight excluding hydrogens is 269 g/mol. The summed E-state index contributed by atoms with van der Waals surface area (Å²) in [5.41, 5.74) is -0.729. The number of amides is 1. The SMILES string of the molecule is CCC(O)(CC)CNC(=O)Cc1c(F)cccc1Cl. The molecular formula is C14H19ClFNO2. The van der Waals surface area contributed by atoms with E-state index in [0.717, 1.165) is 0 Å². The zero-order chi connectivity index (χ0) is 14.5. The third-order valence-electron chi connectivity index (χ3n) is 3.33. The Hall–Kier alpha value is -1.13. The highest BCUT2D eigenvalue weighted by molar-refractivity contribution is 6.31. The van der Waals surface area contributed by atoms with E-state index < -0.39 is 11.4 Å². The highest BCUT2D eigenvalue weighted by Crippen LogP contribution is 2.19. The minimum atomic E-state index is -0.908. The molecule has 5 heteroatoms. The van der Waals surface area contributed by atoms with E-state index >= 15 is 0 Å². The maximum absolute atomic E-state index is 13.5. The molecule has 0 bridgehead atoms. The van der Waals surface area contributed by atoms with Crippen LogP contribution in [0.3, 0.4) is 0 Å². The number of aliphatic hydroxyl groups is 1. The summed E-state index contributed by atoms with van der Waals surface area (Å²) in [5, 5.41) is 12.9. The second-order valence-corrected chi connectivity index (χ2v) is 4.99. The number of benzene rings is 1. The molecule has 19 heavy (non-hydrogen) atoms. The van der Waals surface area contributed by atoms with Gasteiger partial charge in [-0.25, -0.2) is 4.39 Å². The van der Waals surface area contributed by atoms with Crippen molar-refractivity contribution in [1.82, 2.24) is 5.32 Å². The monoisotopic (exact) mass is 287 g/mol. The first kappa shape index (κ1) is 15.9. The largest absolute Gasteiger partial charge is 0.388 e. The Balaban J connectivity index is 2.61. The normalized spacial score (nSPS) is 11.4. The van der Waals surface area contributed by atoms with Crippen molar-refractivity contribution in [2.45, 2.75) is 38.7 Å². The summed E-state index contributed by atoms with van der Waals surface area (Å²) in [5.74, 6) is -0.851. The van der Waals surface area contributed by atoms with Crippen LogP contribution >= 0.6 is 11.6 Å².